The number of hydrogen-bond donors (Lipinski definition) is 0. The number of aryl methyl sites for hydroxylation is 1. The molecule has 2 heterocycles. The van der Waals surface area contributed by atoms with E-state index in [1.54, 1.807) is 19.0 Å². The minimum Gasteiger partial charge on any atom is -0.327 e. The van der Waals surface area contributed by atoms with Gasteiger partial charge in [0.05, 0.1) is 6.20 Å². The van der Waals surface area contributed by atoms with Crippen LogP contribution in [0.2, 0.25) is 0 Å². The predicted molar refractivity (Wildman–Crippen MR) is 80.3 cm³/mol. The van der Waals surface area contributed by atoms with Gasteiger partial charge in [-0.3, -0.25) is 4.57 Å². The van der Waals surface area contributed by atoms with E-state index < -0.39 is 5.69 Å². The summed E-state index contributed by atoms with van der Waals surface area (Å²) in [7, 11) is 3.31. The Bertz CT molecular complexity index is 688. The summed E-state index contributed by atoms with van der Waals surface area (Å²) in [5, 5.41) is 0. The van der Waals surface area contributed by atoms with E-state index in [-0.39, 0.29) is 6.03 Å². The van der Waals surface area contributed by atoms with Crippen LogP contribution in [0.3, 0.4) is 0 Å². The Balaban J connectivity index is 2.23. The lowest BCUT2D eigenvalue weighted by Crippen LogP contribution is -2.38. The Morgan fingerprint density at radius 2 is 2.10 bits per heavy atom. The highest BCUT2D eigenvalue weighted by atomic mass is 16.2. The highest BCUT2D eigenvalue weighted by molar-refractivity contribution is 5.87. The monoisotopic (exact) mass is 291 g/mol. The summed E-state index contributed by atoms with van der Waals surface area (Å²) in [6.45, 7) is 2.78. The minimum absolute atomic E-state index is 0.336. The van der Waals surface area contributed by atoms with Crippen molar-refractivity contribution in [3.63, 3.8) is 0 Å². The standard InChI is InChI=1S/C14H21N5O2/c1-4-5-6-7-8-17(2)13(20)19-11-9-15-10-16-12(11)18(3)14(19)21/h9-10H,4-8H2,1-3H3. The van der Waals surface area contributed by atoms with Gasteiger partial charge >= 0.3 is 11.7 Å². The number of fused-ring (bicyclic) bond motifs is 1. The summed E-state index contributed by atoms with van der Waals surface area (Å²) < 4.78 is 2.50. The molecule has 0 radical (unpaired) electrons. The van der Waals surface area contributed by atoms with Crippen LogP contribution >= 0.6 is 0 Å². The third-order valence-corrected chi connectivity index (χ3v) is 3.57. The number of carbonyl (C=O) groups is 1. The van der Waals surface area contributed by atoms with Gasteiger partial charge in [-0.05, 0) is 6.42 Å². The van der Waals surface area contributed by atoms with Crippen molar-refractivity contribution in [3.8, 4) is 0 Å². The summed E-state index contributed by atoms with van der Waals surface area (Å²) in [6.07, 6.45) is 7.19. The first-order chi connectivity index (χ1) is 10.1. The maximum Gasteiger partial charge on any atom is 0.338 e. The largest absolute Gasteiger partial charge is 0.338 e. The third-order valence-electron chi connectivity index (χ3n) is 3.57. The average molecular weight is 291 g/mol. The number of rotatable bonds is 5. The molecule has 114 valence electrons. The van der Waals surface area contributed by atoms with Crippen molar-refractivity contribution in [3.05, 3.63) is 23.0 Å². The lowest BCUT2D eigenvalue weighted by molar-refractivity contribution is 0.209. The molecule has 0 aliphatic carbocycles. The number of unbranched alkanes of at least 4 members (excludes halogenated alkanes) is 3. The van der Waals surface area contributed by atoms with E-state index >= 15 is 0 Å². The van der Waals surface area contributed by atoms with Crippen LogP contribution in [-0.4, -0.2) is 43.6 Å². The van der Waals surface area contributed by atoms with Crippen LogP contribution in [0.5, 0.6) is 0 Å². The summed E-state index contributed by atoms with van der Waals surface area (Å²) >= 11 is 0. The smallest absolute Gasteiger partial charge is 0.327 e. The van der Waals surface area contributed by atoms with Gasteiger partial charge in [-0.1, -0.05) is 26.2 Å². The van der Waals surface area contributed by atoms with Crippen molar-refractivity contribution in [2.45, 2.75) is 32.6 Å². The van der Waals surface area contributed by atoms with Crippen LogP contribution in [0.4, 0.5) is 4.79 Å². The molecule has 0 saturated carbocycles. The maximum atomic E-state index is 12.5. The second-order valence-electron chi connectivity index (χ2n) is 5.17. The number of amides is 1. The fraction of sp³-hybridized carbons (Fsp3) is 0.571. The van der Waals surface area contributed by atoms with E-state index in [1.807, 2.05) is 0 Å². The topological polar surface area (TPSA) is 73.0 Å². The molecule has 0 spiro atoms. The van der Waals surface area contributed by atoms with Crippen LogP contribution in [0.25, 0.3) is 11.2 Å². The van der Waals surface area contributed by atoms with Crippen LogP contribution in [0.15, 0.2) is 17.3 Å². The van der Waals surface area contributed by atoms with Crippen LogP contribution in [-0.2, 0) is 7.05 Å². The highest BCUT2D eigenvalue weighted by Crippen LogP contribution is 2.09. The van der Waals surface area contributed by atoms with Crippen LogP contribution in [0, 0.1) is 0 Å². The Labute approximate surface area is 123 Å². The zero-order chi connectivity index (χ0) is 15.4. The third kappa shape index (κ3) is 2.96. The molecule has 7 nitrogen and oxygen atoms in total. The molecule has 21 heavy (non-hydrogen) atoms. The molecule has 0 unspecified atom stereocenters. The van der Waals surface area contributed by atoms with Gasteiger partial charge in [-0.15, -0.1) is 0 Å². The fourth-order valence-electron chi connectivity index (χ4n) is 2.30. The van der Waals surface area contributed by atoms with E-state index in [1.165, 1.54) is 17.1 Å². The van der Waals surface area contributed by atoms with Crippen molar-refractivity contribution in [2.75, 3.05) is 13.6 Å². The number of hydrogen-bond acceptors (Lipinski definition) is 4. The van der Waals surface area contributed by atoms with Crippen LogP contribution < -0.4 is 5.69 Å². The van der Waals surface area contributed by atoms with Gasteiger partial charge in [0.1, 0.15) is 11.8 Å². The van der Waals surface area contributed by atoms with Crippen molar-refractivity contribution >= 4 is 17.2 Å². The average Bonchev–Trinajstić information content (AvgIpc) is 2.75. The summed E-state index contributed by atoms with van der Waals surface area (Å²) in [5.41, 5.74) is 0.508. The second-order valence-corrected chi connectivity index (χ2v) is 5.17. The number of nitrogens with zero attached hydrogens (tertiary/aromatic N) is 5. The highest BCUT2D eigenvalue weighted by Gasteiger charge is 2.20. The number of aromatic nitrogens is 4. The summed E-state index contributed by atoms with van der Waals surface area (Å²) in [4.78, 5) is 34.2. The first-order valence-electron chi connectivity index (χ1n) is 7.20. The first-order valence-corrected chi connectivity index (χ1v) is 7.20. The molecule has 0 aliphatic heterocycles. The molecule has 0 saturated heterocycles. The summed E-state index contributed by atoms with van der Waals surface area (Å²) in [5.74, 6) is 0. The van der Waals surface area contributed by atoms with E-state index in [9.17, 15) is 9.59 Å². The SMILES string of the molecule is CCCCCCN(C)C(=O)n1c(=O)n(C)c2ncncc21. The Hall–Kier alpha value is -2.18. The molecule has 0 aliphatic rings. The zero-order valence-electron chi connectivity index (χ0n) is 12.7. The van der Waals surface area contributed by atoms with Crippen LogP contribution in [0.1, 0.15) is 32.6 Å². The molecule has 0 N–H and O–H groups in total. The molecule has 0 bridgehead atoms. The van der Waals surface area contributed by atoms with Gasteiger partial charge in [0.25, 0.3) is 0 Å². The van der Waals surface area contributed by atoms with E-state index in [4.69, 9.17) is 0 Å². The van der Waals surface area contributed by atoms with E-state index in [0.717, 1.165) is 30.3 Å². The second kappa shape index (κ2) is 6.51. The van der Waals surface area contributed by atoms with E-state index in [0.29, 0.717) is 17.7 Å². The maximum absolute atomic E-state index is 12.5. The van der Waals surface area contributed by atoms with Crippen molar-refractivity contribution in [1.82, 2.24) is 24.0 Å². The van der Waals surface area contributed by atoms with Gasteiger partial charge in [0.15, 0.2) is 5.65 Å². The van der Waals surface area contributed by atoms with Crippen molar-refractivity contribution in [1.29, 1.82) is 0 Å². The summed E-state index contributed by atoms with van der Waals surface area (Å²) in [6, 6.07) is -0.336. The molecule has 2 aromatic heterocycles. The zero-order valence-corrected chi connectivity index (χ0v) is 12.7. The Kier molecular flexibility index (Phi) is 4.72. The molecule has 0 atom stereocenters. The molecular formula is C14H21N5O2. The normalized spacial score (nSPS) is 11.0. The van der Waals surface area contributed by atoms with Gasteiger partial charge in [-0.2, -0.15) is 0 Å². The fourth-order valence-corrected chi connectivity index (χ4v) is 2.30. The molecule has 0 aromatic carbocycles. The number of imidazole rings is 1. The molecule has 0 fully saturated rings. The van der Waals surface area contributed by atoms with Crippen molar-refractivity contribution < 1.29 is 4.79 Å². The predicted octanol–water partition coefficient (Wildman–Crippen LogP) is 1.61. The molecule has 1 amide bonds. The van der Waals surface area contributed by atoms with Gasteiger partial charge in [-0.25, -0.2) is 24.1 Å². The molecular weight excluding hydrogens is 270 g/mol. The van der Waals surface area contributed by atoms with Gasteiger partial charge in [0.2, 0.25) is 0 Å². The quantitative estimate of drug-likeness (QED) is 0.784. The van der Waals surface area contributed by atoms with Gasteiger partial charge < -0.3 is 4.90 Å². The van der Waals surface area contributed by atoms with E-state index in [2.05, 4.69) is 16.9 Å². The lowest BCUT2D eigenvalue weighted by Gasteiger charge is -2.16. The Morgan fingerprint density at radius 1 is 1.33 bits per heavy atom. The Morgan fingerprint density at radius 3 is 2.81 bits per heavy atom. The molecule has 7 heteroatoms. The molecule has 2 aromatic rings. The van der Waals surface area contributed by atoms with Crippen molar-refractivity contribution in [2.24, 2.45) is 7.05 Å². The number of carbonyl (C=O) groups excluding carboxylic acids is 1. The van der Waals surface area contributed by atoms with Gasteiger partial charge in [0, 0.05) is 20.6 Å². The minimum atomic E-state index is -0.393. The lowest BCUT2D eigenvalue weighted by atomic mass is 10.2. The first kappa shape index (κ1) is 15.2. The molecule has 2 rings (SSSR count).